The minimum absolute atomic E-state index is 0.154. The number of aromatic nitrogens is 3. The van der Waals surface area contributed by atoms with Gasteiger partial charge in [-0.2, -0.15) is 4.31 Å². The number of nitrogens with zero attached hydrogens (tertiary/aromatic N) is 4. The third-order valence-corrected chi connectivity index (χ3v) is 7.87. The average Bonchev–Trinajstić information content (AvgIpc) is 3.43. The second-order valence-electron chi connectivity index (χ2n) is 6.85. The average molecular weight is 479 g/mol. The molecular weight excluding hydrogens is 452 g/mol. The molecule has 1 atom stereocenters. The van der Waals surface area contributed by atoms with Crippen LogP contribution >= 0.6 is 11.8 Å². The molecule has 0 saturated heterocycles. The van der Waals surface area contributed by atoms with Crippen LogP contribution in [0.3, 0.4) is 0 Å². The maximum atomic E-state index is 12.8. The molecule has 3 aromatic rings. The van der Waals surface area contributed by atoms with Crippen molar-refractivity contribution in [3.63, 3.8) is 0 Å². The van der Waals surface area contributed by atoms with Crippen molar-refractivity contribution in [1.82, 2.24) is 24.5 Å². The van der Waals surface area contributed by atoms with Gasteiger partial charge in [0.15, 0.2) is 5.82 Å². The van der Waals surface area contributed by atoms with E-state index in [1.54, 1.807) is 51.3 Å². The molecule has 0 unspecified atom stereocenters. The first-order valence-electron chi connectivity index (χ1n) is 10.1. The minimum Gasteiger partial charge on any atom is -0.467 e. The van der Waals surface area contributed by atoms with E-state index >= 15 is 0 Å². The highest BCUT2D eigenvalue weighted by Crippen LogP contribution is 2.27. The second kappa shape index (κ2) is 10.2. The van der Waals surface area contributed by atoms with Crippen LogP contribution in [0.5, 0.6) is 0 Å². The van der Waals surface area contributed by atoms with E-state index in [0.717, 1.165) is 11.8 Å². The standard InChI is InChI=1S/C20H26N6O4S2/c1-4-25(5-2)32(28,29)17-10-6-8-15(12-17)18-23-24-20(26(18)21)31-14(3)19(27)22-13-16-9-7-11-30-16/h6-12,14H,4-5,13,21H2,1-3H3,(H,22,27)/t14-/m0/s1. The molecule has 0 fully saturated rings. The first-order valence-corrected chi connectivity index (χ1v) is 12.4. The summed E-state index contributed by atoms with van der Waals surface area (Å²) in [5.41, 5.74) is 0.509. The van der Waals surface area contributed by atoms with Crippen LogP contribution in [0.2, 0.25) is 0 Å². The van der Waals surface area contributed by atoms with Gasteiger partial charge in [0, 0.05) is 18.7 Å². The van der Waals surface area contributed by atoms with Gasteiger partial charge in [-0.1, -0.05) is 37.7 Å². The lowest BCUT2D eigenvalue weighted by atomic mass is 10.2. The van der Waals surface area contributed by atoms with Crippen LogP contribution in [0.15, 0.2) is 57.1 Å². The number of furan rings is 1. The molecule has 1 aromatic carbocycles. The molecule has 10 nitrogen and oxygen atoms in total. The van der Waals surface area contributed by atoms with E-state index in [1.807, 2.05) is 0 Å². The molecule has 0 bridgehead atoms. The normalized spacial score (nSPS) is 12.8. The molecule has 0 aliphatic carbocycles. The van der Waals surface area contributed by atoms with Gasteiger partial charge in [0.05, 0.1) is 23.0 Å². The smallest absolute Gasteiger partial charge is 0.243 e. The van der Waals surface area contributed by atoms with Crippen molar-refractivity contribution < 1.29 is 17.6 Å². The Hall–Kier alpha value is -2.83. The van der Waals surface area contributed by atoms with Crippen LogP contribution in [0, 0.1) is 0 Å². The van der Waals surface area contributed by atoms with Gasteiger partial charge in [0.2, 0.25) is 21.1 Å². The zero-order valence-electron chi connectivity index (χ0n) is 18.1. The lowest BCUT2D eigenvalue weighted by Crippen LogP contribution is -2.30. The Bertz CT molecular complexity index is 1160. The summed E-state index contributed by atoms with van der Waals surface area (Å²) in [5, 5.41) is 10.8. The lowest BCUT2D eigenvalue weighted by Gasteiger charge is -2.18. The van der Waals surface area contributed by atoms with Gasteiger partial charge >= 0.3 is 0 Å². The lowest BCUT2D eigenvalue weighted by molar-refractivity contribution is -0.120. The molecule has 172 valence electrons. The zero-order chi connectivity index (χ0) is 23.3. The molecule has 0 aliphatic rings. The predicted octanol–water partition coefficient (Wildman–Crippen LogP) is 2.08. The number of carbonyl (C=O) groups excluding carboxylic acids is 1. The fraction of sp³-hybridized carbons (Fsp3) is 0.350. The molecule has 0 spiro atoms. The third kappa shape index (κ3) is 5.14. The summed E-state index contributed by atoms with van der Waals surface area (Å²) in [5.74, 6) is 6.92. The fourth-order valence-electron chi connectivity index (χ4n) is 3.01. The Balaban J connectivity index is 1.75. The number of nitrogens with two attached hydrogens (primary N) is 1. The SMILES string of the molecule is CCN(CC)S(=O)(=O)c1cccc(-c2nnc(S[C@@H](C)C(=O)NCc3ccco3)n2N)c1. The van der Waals surface area contributed by atoms with E-state index in [2.05, 4.69) is 15.5 Å². The summed E-state index contributed by atoms with van der Waals surface area (Å²) in [7, 11) is -3.62. The second-order valence-corrected chi connectivity index (χ2v) is 10.1. The van der Waals surface area contributed by atoms with Crippen LogP contribution in [-0.4, -0.2) is 51.8 Å². The molecule has 0 saturated carbocycles. The largest absolute Gasteiger partial charge is 0.467 e. The van der Waals surface area contributed by atoms with Crippen LogP contribution in [0.1, 0.15) is 26.5 Å². The number of benzene rings is 1. The van der Waals surface area contributed by atoms with Gasteiger partial charge < -0.3 is 15.6 Å². The van der Waals surface area contributed by atoms with E-state index in [9.17, 15) is 13.2 Å². The Labute approximate surface area is 191 Å². The summed E-state index contributed by atoms with van der Waals surface area (Å²) in [4.78, 5) is 12.5. The van der Waals surface area contributed by atoms with Gasteiger partial charge in [-0.15, -0.1) is 10.2 Å². The van der Waals surface area contributed by atoms with E-state index in [4.69, 9.17) is 10.3 Å². The van der Waals surface area contributed by atoms with Gasteiger partial charge in [-0.05, 0) is 31.2 Å². The maximum Gasteiger partial charge on any atom is 0.243 e. The summed E-state index contributed by atoms with van der Waals surface area (Å²) >= 11 is 1.15. The van der Waals surface area contributed by atoms with Crippen LogP contribution < -0.4 is 11.2 Å². The summed E-state index contributed by atoms with van der Waals surface area (Å²) in [6.45, 7) is 6.33. The fourth-order valence-corrected chi connectivity index (χ4v) is 5.30. The van der Waals surface area contributed by atoms with Crippen molar-refractivity contribution in [3.8, 4) is 11.4 Å². The highest BCUT2D eigenvalue weighted by atomic mass is 32.2. The van der Waals surface area contributed by atoms with Gasteiger partial charge in [0.1, 0.15) is 5.76 Å². The van der Waals surface area contributed by atoms with Crippen molar-refractivity contribution >= 4 is 27.7 Å². The molecule has 32 heavy (non-hydrogen) atoms. The number of sulfonamides is 1. The number of nitrogen functional groups attached to an aromatic ring is 1. The number of rotatable bonds is 10. The number of hydrogen-bond donors (Lipinski definition) is 2. The van der Waals surface area contributed by atoms with E-state index < -0.39 is 15.3 Å². The zero-order valence-corrected chi connectivity index (χ0v) is 19.7. The quantitative estimate of drug-likeness (QED) is 0.334. The van der Waals surface area contributed by atoms with Crippen molar-refractivity contribution in [1.29, 1.82) is 0 Å². The number of thioether (sulfide) groups is 1. The number of hydrogen-bond acceptors (Lipinski definition) is 8. The van der Waals surface area contributed by atoms with Crippen molar-refractivity contribution in [3.05, 3.63) is 48.4 Å². The van der Waals surface area contributed by atoms with Gasteiger partial charge in [-0.3, -0.25) is 4.79 Å². The Morgan fingerprint density at radius 2 is 2.00 bits per heavy atom. The third-order valence-electron chi connectivity index (χ3n) is 4.77. The van der Waals surface area contributed by atoms with Crippen LogP contribution in [0.25, 0.3) is 11.4 Å². The topological polar surface area (TPSA) is 136 Å². The van der Waals surface area contributed by atoms with Crippen molar-refractivity contribution in [2.24, 2.45) is 0 Å². The minimum atomic E-state index is -3.62. The molecular formula is C20H26N6O4S2. The molecule has 1 amide bonds. The number of carbonyl (C=O) groups is 1. The van der Waals surface area contributed by atoms with Crippen LogP contribution in [0.4, 0.5) is 0 Å². The number of amides is 1. The molecule has 2 aromatic heterocycles. The summed E-state index contributed by atoms with van der Waals surface area (Å²) < 4.78 is 33.5. The summed E-state index contributed by atoms with van der Waals surface area (Å²) in [6, 6.07) is 9.93. The molecule has 0 radical (unpaired) electrons. The molecule has 3 N–H and O–H groups in total. The predicted molar refractivity (Wildman–Crippen MR) is 122 cm³/mol. The molecule has 3 rings (SSSR count). The molecule has 0 aliphatic heterocycles. The Morgan fingerprint density at radius 3 is 2.66 bits per heavy atom. The Morgan fingerprint density at radius 1 is 1.25 bits per heavy atom. The maximum absolute atomic E-state index is 12.8. The first kappa shape index (κ1) is 23.8. The molecule has 12 heteroatoms. The highest BCUT2D eigenvalue weighted by Gasteiger charge is 2.24. The van der Waals surface area contributed by atoms with E-state index in [1.165, 1.54) is 21.1 Å². The number of nitrogens with one attached hydrogen (secondary N) is 1. The van der Waals surface area contributed by atoms with Crippen molar-refractivity contribution in [2.75, 3.05) is 18.9 Å². The highest BCUT2D eigenvalue weighted by molar-refractivity contribution is 8.00. The van der Waals surface area contributed by atoms with Gasteiger partial charge in [-0.25, -0.2) is 13.1 Å². The van der Waals surface area contributed by atoms with Crippen molar-refractivity contribution in [2.45, 2.75) is 42.6 Å². The monoisotopic (exact) mass is 478 g/mol. The first-order chi connectivity index (χ1) is 15.3. The van der Waals surface area contributed by atoms with Crippen LogP contribution in [-0.2, 0) is 21.4 Å². The molecule has 2 heterocycles. The van der Waals surface area contributed by atoms with E-state index in [-0.39, 0.29) is 17.3 Å². The summed E-state index contributed by atoms with van der Waals surface area (Å²) in [6.07, 6.45) is 1.54. The van der Waals surface area contributed by atoms with E-state index in [0.29, 0.717) is 35.4 Å². The Kier molecular flexibility index (Phi) is 7.59. The van der Waals surface area contributed by atoms with Gasteiger partial charge in [0.25, 0.3) is 0 Å².